The number of halogens is 1. The molecule has 1 atom stereocenters. The molecule has 0 saturated carbocycles. The van der Waals surface area contributed by atoms with Gasteiger partial charge in [-0.3, -0.25) is 4.98 Å². The number of rotatable bonds is 4. The summed E-state index contributed by atoms with van der Waals surface area (Å²) in [5.41, 5.74) is -0.594. The molecule has 0 aliphatic heterocycles. The molecule has 0 radical (unpaired) electrons. The lowest BCUT2D eigenvalue weighted by Gasteiger charge is -2.23. The van der Waals surface area contributed by atoms with E-state index >= 15 is 0 Å². The molecule has 2 N–H and O–H groups in total. The van der Waals surface area contributed by atoms with Crippen LogP contribution in [-0.4, -0.2) is 23.2 Å². The Bertz CT molecular complexity index is 302. The van der Waals surface area contributed by atoms with E-state index < -0.39 is 11.4 Å². The minimum Gasteiger partial charge on any atom is -0.384 e. The summed E-state index contributed by atoms with van der Waals surface area (Å²) in [4.78, 5) is 3.70. The molecule has 1 aromatic heterocycles. The third kappa shape index (κ3) is 2.75. The van der Waals surface area contributed by atoms with Gasteiger partial charge in [-0.15, -0.1) is 0 Å². The molecule has 3 nitrogen and oxygen atoms in total. The number of hydrogen-bond acceptors (Lipinski definition) is 3. The van der Waals surface area contributed by atoms with Crippen molar-refractivity contribution in [1.82, 2.24) is 10.3 Å². The van der Waals surface area contributed by atoms with Gasteiger partial charge in [-0.25, -0.2) is 4.39 Å². The number of aliphatic hydroxyl groups is 1. The van der Waals surface area contributed by atoms with Crippen molar-refractivity contribution in [1.29, 1.82) is 0 Å². The zero-order valence-electron chi connectivity index (χ0n) is 8.42. The molecule has 0 aliphatic carbocycles. The second kappa shape index (κ2) is 4.48. The summed E-state index contributed by atoms with van der Waals surface area (Å²) < 4.78 is 12.8. The average Bonchev–Trinajstić information content (AvgIpc) is 2.15. The van der Waals surface area contributed by atoms with E-state index in [2.05, 4.69) is 10.3 Å². The Kier molecular flexibility index (Phi) is 3.55. The third-order valence-corrected chi connectivity index (χ3v) is 2.05. The van der Waals surface area contributed by atoms with E-state index in [1.54, 1.807) is 6.92 Å². The van der Waals surface area contributed by atoms with Gasteiger partial charge in [0.1, 0.15) is 11.4 Å². The Balaban J connectivity index is 2.80. The van der Waals surface area contributed by atoms with Crippen molar-refractivity contribution in [2.45, 2.75) is 19.4 Å². The van der Waals surface area contributed by atoms with E-state index in [-0.39, 0.29) is 0 Å². The highest BCUT2D eigenvalue weighted by molar-refractivity contribution is 5.18. The van der Waals surface area contributed by atoms with Crippen LogP contribution in [0.25, 0.3) is 0 Å². The topological polar surface area (TPSA) is 45.1 Å². The predicted molar refractivity (Wildman–Crippen MR) is 52.3 cm³/mol. The first kappa shape index (κ1) is 11.1. The van der Waals surface area contributed by atoms with Crippen LogP contribution in [0.3, 0.4) is 0 Å². The number of pyridine rings is 1. The quantitative estimate of drug-likeness (QED) is 0.759. The van der Waals surface area contributed by atoms with Crippen molar-refractivity contribution < 1.29 is 9.50 Å². The van der Waals surface area contributed by atoms with Crippen LogP contribution in [-0.2, 0) is 5.60 Å². The van der Waals surface area contributed by atoms with Crippen LogP contribution in [0.2, 0.25) is 0 Å². The van der Waals surface area contributed by atoms with Crippen molar-refractivity contribution >= 4 is 0 Å². The van der Waals surface area contributed by atoms with Crippen molar-refractivity contribution in [3.05, 3.63) is 29.8 Å². The molecule has 0 amide bonds. The van der Waals surface area contributed by atoms with Gasteiger partial charge in [0.2, 0.25) is 0 Å². The summed E-state index contributed by atoms with van der Waals surface area (Å²) in [6, 6.07) is 1.30. The van der Waals surface area contributed by atoms with E-state index in [0.29, 0.717) is 12.1 Å². The molecule has 0 bridgehead atoms. The van der Waals surface area contributed by atoms with Gasteiger partial charge in [0.25, 0.3) is 0 Å². The second-order valence-corrected chi connectivity index (χ2v) is 3.45. The Morgan fingerprint density at radius 2 is 2.29 bits per heavy atom. The van der Waals surface area contributed by atoms with Gasteiger partial charge >= 0.3 is 0 Å². The molecule has 0 saturated heterocycles. The van der Waals surface area contributed by atoms with Gasteiger partial charge in [-0.05, 0) is 19.5 Å². The molecule has 1 heterocycles. The fraction of sp³-hybridized carbons (Fsp3) is 0.500. The number of aromatic nitrogens is 1. The van der Waals surface area contributed by atoms with Crippen molar-refractivity contribution in [2.75, 3.05) is 13.1 Å². The first-order chi connectivity index (χ1) is 6.56. The summed E-state index contributed by atoms with van der Waals surface area (Å²) in [5, 5.41) is 13.0. The zero-order chi connectivity index (χ0) is 10.6. The highest BCUT2D eigenvalue weighted by Gasteiger charge is 2.22. The van der Waals surface area contributed by atoms with E-state index in [1.807, 2.05) is 6.92 Å². The predicted octanol–water partition coefficient (Wildman–Crippen LogP) is 1.04. The maximum Gasteiger partial charge on any atom is 0.141 e. The highest BCUT2D eigenvalue weighted by Crippen LogP contribution is 2.18. The molecular formula is C10H15FN2O. The van der Waals surface area contributed by atoms with Gasteiger partial charge < -0.3 is 10.4 Å². The van der Waals surface area contributed by atoms with E-state index in [4.69, 9.17) is 0 Å². The Hall–Kier alpha value is -1.00. The van der Waals surface area contributed by atoms with Gasteiger partial charge in [0.15, 0.2) is 0 Å². The molecular weight excluding hydrogens is 183 g/mol. The van der Waals surface area contributed by atoms with Crippen LogP contribution in [0.15, 0.2) is 18.5 Å². The molecule has 1 rings (SSSR count). The second-order valence-electron chi connectivity index (χ2n) is 3.45. The lowest BCUT2D eigenvalue weighted by Crippen LogP contribution is -2.35. The summed E-state index contributed by atoms with van der Waals surface area (Å²) in [6.45, 7) is 4.72. The number of hydrogen-bond donors (Lipinski definition) is 2. The summed E-state index contributed by atoms with van der Waals surface area (Å²) >= 11 is 0. The van der Waals surface area contributed by atoms with E-state index in [9.17, 15) is 9.50 Å². The van der Waals surface area contributed by atoms with Crippen molar-refractivity contribution in [3.63, 3.8) is 0 Å². The normalized spacial score (nSPS) is 15.1. The first-order valence-corrected chi connectivity index (χ1v) is 4.60. The molecule has 1 unspecified atom stereocenters. The van der Waals surface area contributed by atoms with E-state index in [1.165, 1.54) is 12.3 Å². The maximum atomic E-state index is 12.8. The minimum absolute atomic E-state index is 0.384. The maximum absolute atomic E-state index is 12.8. The largest absolute Gasteiger partial charge is 0.384 e. The first-order valence-electron chi connectivity index (χ1n) is 4.60. The Morgan fingerprint density at radius 3 is 2.86 bits per heavy atom. The van der Waals surface area contributed by atoms with Gasteiger partial charge in [0, 0.05) is 18.3 Å². The molecule has 0 spiro atoms. The molecule has 78 valence electrons. The van der Waals surface area contributed by atoms with Gasteiger partial charge in [0.05, 0.1) is 6.20 Å². The lowest BCUT2D eigenvalue weighted by atomic mass is 9.98. The molecule has 0 fully saturated rings. The van der Waals surface area contributed by atoms with Gasteiger partial charge in [-0.1, -0.05) is 6.92 Å². The fourth-order valence-corrected chi connectivity index (χ4v) is 1.18. The molecule has 4 heteroatoms. The third-order valence-electron chi connectivity index (χ3n) is 2.05. The van der Waals surface area contributed by atoms with Crippen LogP contribution in [0.4, 0.5) is 4.39 Å². The zero-order valence-corrected chi connectivity index (χ0v) is 8.42. The molecule has 14 heavy (non-hydrogen) atoms. The van der Waals surface area contributed by atoms with Crippen LogP contribution in [0.1, 0.15) is 19.4 Å². The van der Waals surface area contributed by atoms with Crippen molar-refractivity contribution in [2.24, 2.45) is 0 Å². The Morgan fingerprint density at radius 1 is 1.57 bits per heavy atom. The Labute approximate surface area is 83.0 Å². The summed E-state index contributed by atoms with van der Waals surface area (Å²) in [5.74, 6) is -0.431. The number of nitrogens with zero attached hydrogens (tertiary/aromatic N) is 1. The molecule has 1 aromatic rings. The smallest absolute Gasteiger partial charge is 0.141 e. The monoisotopic (exact) mass is 198 g/mol. The number of nitrogens with one attached hydrogen (secondary N) is 1. The summed E-state index contributed by atoms with van der Waals surface area (Å²) in [7, 11) is 0. The van der Waals surface area contributed by atoms with Gasteiger partial charge in [-0.2, -0.15) is 0 Å². The molecule has 0 aliphatic rings. The van der Waals surface area contributed by atoms with Crippen LogP contribution in [0.5, 0.6) is 0 Å². The summed E-state index contributed by atoms with van der Waals surface area (Å²) in [6.07, 6.45) is 2.59. The molecule has 0 aromatic carbocycles. The fourth-order valence-electron chi connectivity index (χ4n) is 1.18. The van der Waals surface area contributed by atoms with Crippen LogP contribution in [0, 0.1) is 5.82 Å². The van der Waals surface area contributed by atoms with Crippen LogP contribution >= 0.6 is 0 Å². The van der Waals surface area contributed by atoms with Crippen molar-refractivity contribution in [3.8, 4) is 0 Å². The number of likely N-dealkylation sites (N-methyl/N-ethyl adjacent to an activating group) is 1. The highest BCUT2D eigenvalue weighted by atomic mass is 19.1. The lowest BCUT2D eigenvalue weighted by molar-refractivity contribution is 0.0569. The van der Waals surface area contributed by atoms with Crippen LogP contribution < -0.4 is 5.32 Å². The average molecular weight is 198 g/mol. The van der Waals surface area contributed by atoms with E-state index in [0.717, 1.165) is 12.7 Å². The SMILES string of the molecule is CCNCC(C)(O)c1cncc(F)c1. The standard InChI is InChI=1S/C10H15FN2O/c1-3-12-7-10(2,14)8-4-9(11)6-13-5-8/h4-6,12,14H,3,7H2,1-2H3. The minimum atomic E-state index is -1.08.